The van der Waals surface area contributed by atoms with E-state index in [2.05, 4.69) is 5.32 Å². The molecule has 1 aromatic rings. The third-order valence-corrected chi connectivity index (χ3v) is 4.56. The van der Waals surface area contributed by atoms with Crippen molar-refractivity contribution in [2.24, 2.45) is 0 Å². The van der Waals surface area contributed by atoms with Crippen molar-refractivity contribution in [3.05, 3.63) is 34.9 Å². The Balaban J connectivity index is 2.43. The third-order valence-electron chi connectivity index (χ3n) is 2.36. The molecule has 0 aliphatic carbocycles. The summed E-state index contributed by atoms with van der Waals surface area (Å²) in [5.41, 5.74) is 0.556. The van der Waals surface area contributed by atoms with E-state index < -0.39 is 10.8 Å². The van der Waals surface area contributed by atoms with Gasteiger partial charge in [-0.1, -0.05) is 11.6 Å². The summed E-state index contributed by atoms with van der Waals surface area (Å²) in [5.74, 6) is 0.292. The number of hydrogen-bond donors (Lipinski definition) is 1. The van der Waals surface area contributed by atoms with Gasteiger partial charge in [0.15, 0.2) is 0 Å². The molecule has 0 radical (unpaired) electrons. The van der Waals surface area contributed by atoms with Crippen LogP contribution >= 0.6 is 11.6 Å². The second kappa shape index (κ2) is 6.34. The quantitative estimate of drug-likeness (QED) is 0.925. The Morgan fingerprint density at radius 3 is 2.33 bits per heavy atom. The number of hydrogen-bond acceptors (Lipinski definition) is 2. The lowest BCUT2D eigenvalue weighted by Gasteiger charge is -2.17. The predicted molar refractivity (Wildman–Crippen MR) is 76.5 cm³/mol. The first-order valence-electron chi connectivity index (χ1n) is 5.73. The smallest absolute Gasteiger partial charge is 0.251 e. The summed E-state index contributed by atoms with van der Waals surface area (Å²) in [6, 6.07) is 6.67. The van der Waals surface area contributed by atoms with E-state index in [4.69, 9.17) is 11.6 Å². The first-order valence-corrected chi connectivity index (χ1v) is 7.42. The Morgan fingerprint density at radius 1 is 1.28 bits per heavy atom. The number of rotatable bonds is 4. The first-order chi connectivity index (χ1) is 8.30. The first kappa shape index (κ1) is 15.2. The van der Waals surface area contributed by atoms with Crippen LogP contribution in [0.5, 0.6) is 0 Å². The second-order valence-electron chi connectivity index (χ2n) is 4.92. The summed E-state index contributed by atoms with van der Waals surface area (Å²) in [4.78, 5) is 11.7. The molecule has 0 aliphatic heterocycles. The average Bonchev–Trinajstić information content (AvgIpc) is 2.28. The van der Waals surface area contributed by atoms with Crippen molar-refractivity contribution < 1.29 is 9.00 Å². The molecule has 100 valence electrons. The molecule has 0 aromatic heterocycles. The third kappa shape index (κ3) is 4.78. The van der Waals surface area contributed by atoms with Gasteiger partial charge in [0.25, 0.3) is 5.91 Å². The summed E-state index contributed by atoms with van der Waals surface area (Å²) >= 11 is 5.74. The maximum atomic E-state index is 11.8. The van der Waals surface area contributed by atoms with Gasteiger partial charge in [-0.25, -0.2) is 0 Å². The van der Waals surface area contributed by atoms with E-state index in [0.717, 1.165) is 0 Å². The van der Waals surface area contributed by atoms with Crippen LogP contribution in [0.25, 0.3) is 0 Å². The van der Waals surface area contributed by atoms with Crippen LogP contribution in [0.4, 0.5) is 0 Å². The Morgan fingerprint density at radius 2 is 1.83 bits per heavy atom. The molecule has 1 N–H and O–H groups in total. The minimum absolute atomic E-state index is 0.169. The number of carbonyl (C=O) groups excluding carboxylic acids is 1. The molecule has 0 saturated carbocycles. The number of nitrogens with one attached hydrogen (secondary N) is 1. The minimum Gasteiger partial charge on any atom is -0.351 e. The molecule has 1 unspecified atom stereocenters. The highest BCUT2D eigenvalue weighted by Gasteiger charge is 2.18. The van der Waals surface area contributed by atoms with E-state index >= 15 is 0 Å². The van der Waals surface area contributed by atoms with E-state index in [0.29, 0.717) is 22.9 Å². The molecular formula is C13H18ClNO2S. The van der Waals surface area contributed by atoms with E-state index in [9.17, 15) is 9.00 Å². The SMILES string of the molecule is CC(C)(C)S(=O)CCNC(=O)c1ccc(Cl)cc1. The number of amides is 1. The zero-order valence-corrected chi connectivity index (χ0v) is 12.4. The van der Waals surface area contributed by atoms with Gasteiger partial charge in [-0.05, 0) is 45.0 Å². The zero-order valence-electron chi connectivity index (χ0n) is 10.8. The second-order valence-corrected chi connectivity index (χ2v) is 7.69. The highest BCUT2D eigenvalue weighted by atomic mass is 35.5. The van der Waals surface area contributed by atoms with Crippen molar-refractivity contribution in [2.75, 3.05) is 12.3 Å². The number of carbonyl (C=O) groups is 1. The van der Waals surface area contributed by atoms with Crippen molar-refractivity contribution in [3.8, 4) is 0 Å². The summed E-state index contributed by atoms with van der Waals surface area (Å²) in [5, 5.41) is 3.34. The summed E-state index contributed by atoms with van der Waals surface area (Å²) < 4.78 is 11.5. The van der Waals surface area contributed by atoms with Gasteiger partial charge in [-0.15, -0.1) is 0 Å². The monoisotopic (exact) mass is 287 g/mol. The van der Waals surface area contributed by atoms with Crippen LogP contribution in [0.1, 0.15) is 31.1 Å². The average molecular weight is 288 g/mol. The predicted octanol–water partition coefficient (Wildman–Crippen LogP) is 2.62. The Kier molecular flexibility index (Phi) is 5.35. The molecule has 0 saturated heterocycles. The van der Waals surface area contributed by atoms with Gasteiger partial charge in [0.1, 0.15) is 0 Å². The lowest BCUT2D eigenvalue weighted by atomic mass is 10.2. The van der Waals surface area contributed by atoms with Crippen LogP contribution in [0, 0.1) is 0 Å². The van der Waals surface area contributed by atoms with Gasteiger partial charge in [0, 0.05) is 38.4 Å². The summed E-state index contributed by atoms with van der Waals surface area (Å²) in [6.07, 6.45) is 0. The van der Waals surface area contributed by atoms with Crippen molar-refractivity contribution >= 4 is 28.3 Å². The van der Waals surface area contributed by atoms with Gasteiger partial charge in [-0.3, -0.25) is 9.00 Å². The van der Waals surface area contributed by atoms with E-state index in [1.807, 2.05) is 20.8 Å². The fraction of sp³-hybridized carbons (Fsp3) is 0.462. The van der Waals surface area contributed by atoms with Gasteiger partial charge in [0.05, 0.1) is 0 Å². The normalized spacial score (nSPS) is 13.1. The molecule has 1 rings (SSSR count). The van der Waals surface area contributed by atoms with Crippen molar-refractivity contribution in [1.82, 2.24) is 5.32 Å². The van der Waals surface area contributed by atoms with E-state index in [1.54, 1.807) is 24.3 Å². The highest BCUT2D eigenvalue weighted by Crippen LogP contribution is 2.11. The maximum Gasteiger partial charge on any atom is 0.251 e. The van der Waals surface area contributed by atoms with Crippen LogP contribution in [-0.2, 0) is 10.8 Å². The summed E-state index contributed by atoms with van der Waals surface area (Å²) in [6.45, 7) is 6.17. The van der Waals surface area contributed by atoms with Crippen LogP contribution in [0.2, 0.25) is 5.02 Å². The molecule has 5 heteroatoms. The van der Waals surface area contributed by atoms with Crippen molar-refractivity contribution in [2.45, 2.75) is 25.5 Å². The van der Waals surface area contributed by atoms with Gasteiger partial charge >= 0.3 is 0 Å². The van der Waals surface area contributed by atoms with Crippen molar-refractivity contribution in [1.29, 1.82) is 0 Å². The molecule has 0 spiro atoms. The molecule has 0 heterocycles. The van der Waals surface area contributed by atoms with Crippen LogP contribution < -0.4 is 5.32 Å². The van der Waals surface area contributed by atoms with E-state index in [-0.39, 0.29) is 10.7 Å². The summed E-state index contributed by atoms with van der Waals surface area (Å²) in [7, 11) is -0.950. The van der Waals surface area contributed by atoms with Crippen LogP contribution in [0.15, 0.2) is 24.3 Å². The van der Waals surface area contributed by atoms with Crippen LogP contribution in [0.3, 0.4) is 0 Å². The molecule has 1 atom stereocenters. The molecule has 0 bridgehead atoms. The van der Waals surface area contributed by atoms with Crippen molar-refractivity contribution in [3.63, 3.8) is 0 Å². The Bertz CT molecular complexity index is 437. The molecule has 1 amide bonds. The largest absolute Gasteiger partial charge is 0.351 e. The molecule has 18 heavy (non-hydrogen) atoms. The van der Waals surface area contributed by atoms with Crippen LogP contribution in [-0.4, -0.2) is 27.2 Å². The molecule has 0 aliphatic rings. The Labute approximate surface area is 115 Å². The lowest BCUT2D eigenvalue weighted by Crippen LogP contribution is -2.32. The molecular weight excluding hydrogens is 270 g/mol. The topological polar surface area (TPSA) is 46.2 Å². The fourth-order valence-electron chi connectivity index (χ4n) is 1.27. The molecule has 1 aromatic carbocycles. The standard InChI is InChI=1S/C13H18ClNO2S/c1-13(2,3)18(17)9-8-15-12(16)10-4-6-11(14)7-5-10/h4-7H,8-9H2,1-3H3,(H,15,16). The van der Waals surface area contributed by atoms with Gasteiger partial charge in [0.2, 0.25) is 0 Å². The molecule has 3 nitrogen and oxygen atoms in total. The Hall–Kier alpha value is -0.870. The van der Waals surface area contributed by atoms with Gasteiger partial charge in [-0.2, -0.15) is 0 Å². The molecule has 0 fully saturated rings. The lowest BCUT2D eigenvalue weighted by molar-refractivity contribution is 0.0956. The highest BCUT2D eigenvalue weighted by molar-refractivity contribution is 7.86. The van der Waals surface area contributed by atoms with Gasteiger partial charge < -0.3 is 5.32 Å². The fourth-order valence-corrected chi connectivity index (χ4v) is 2.29. The number of halogens is 1. The minimum atomic E-state index is -0.950. The number of benzene rings is 1. The zero-order chi connectivity index (χ0) is 13.8. The van der Waals surface area contributed by atoms with E-state index in [1.165, 1.54) is 0 Å². The maximum absolute atomic E-state index is 11.8.